The predicted octanol–water partition coefficient (Wildman–Crippen LogP) is 3.12. The Morgan fingerprint density at radius 1 is 1.35 bits per heavy atom. The average Bonchev–Trinajstić information content (AvgIpc) is 3.18. The highest BCUT2D eigenvalue weighted by Gasteiger charge is 2.47. The number of nitrogens with one attached hydrogen (secondary N) is 1. The topological polar surface area (TPSA) is 41.6 Å². The monoisotopic (exact) mass is 334 g/mol. The Hall–Kier alpha value is -1.83. The zero-order valence-electron chi connectivity index (χ0n) is 12.8. The summed E-state index contributed by atoms with van der Waals surface area (Å²) in [5.74, 6) is -1.33. The number of rotatable bonds is 5. The van der Waals surface area contributed by atoms with Crippen molar-refractivity contribution in [1.29, 1.82) is 0 Å². The summed E-state index contributed by atoms with van der Waals surface area (Å²) in [6.07, 6.45) is -4.50. The number of hydrogen-bond donors (Lipinski definition) is 1. The van der Waals surface area contributed by atoms with Gasteiger partial charge in [-0.1, -0.05) is 6.07 Å². The summed E-state index contributed by atoms with van der Waals surface area (Å²) in [5, 5.41) is 2.59. The average molecular weight is 334 g/mol. The molecule has 23 heavy (non-hydrogen) atoms. The molecular formula is C15H18F4N2O2. The molecule has 128 valence electrons. The molecule has 0 radical (unpaired) electrons. The second-order valence-electron chi connectivity index (χ2n) is 5.84. The normalized spacial score (nSPS) is 16.3. The van der Waals surface area contributed by atoms with Crippen LogP contribution in [0.3, 0.4) is 0 Å². The molecule has 0 unspecified atom stereocenters. The molecule has 1 fully saturated rings. The molecule has 8 heteroatoms. The number of amides is 1. The Morgan fingerprint density at radius 2 is 2.00 bits per heavy atom. The van der Waals surface area contributed by atoms with Crippen molar-refractivity contribution >= 4 is 6.09 Å². The summed E-state index contributed by atoms with van der Waals surface area (Å²) in [5.41, 5.74) is -2.00. The summed E-state index contributed by atoms with van der Waals surface area (Å²) in [7, 11) is 3.64. The molecule has 1 amide bonds. The number of alkyl carbamates (subject to hydrolysis) is 1. The van der Waals surface area contributed by atoms with Crippen molar-refractivity contribution in [2.24, 2.45) is 0 Å². The minimum absolute atomic E-state index is 0.173. The number of carbonyl (C=O) groups is 1. The van der Waals surface area contributed by atoms with E-state index in [1.54, 1.807) is 0 Å². The molecule has 4 nitrogen and oxygen atoms in total. The Balaban J connectivity index is 2.07. The smallest absolute Gasteiger partial charge is 0.419 e. The molecular weight excluding hydrogens is 316 g/mol. The first-order valence-corrected chi connectivity index (χ1v) is 7.11. The standard InChI is InChI=1S/C15H18F4N2O2/c1-21(2)7-8-23-13(22)20-14(5-6-14)10-3-4-12(16)11(9-10)15(17,18)19/h3-4,9H,5-8H2,1-2H3,(H,20,22). The van der Waals surface area contributed by atoms with Crippen LogP contribution in [0.15, 0.2) is 18.2 Å². The van der Waals surface area contributed by atoms with E-state index in [1.165, 1.54) is 6.07 Å². The van der Waals surface area contributed by atoms with Crippen LogP contribution in [0.2, 0.25) is 0 Å². The maximum Gasteiger partial charge on any atom is 0.419 e. The van der Waals surface area contributed by atoms with Gasteiger partial charge in [-0.15, -0.1) is 0 Å². The molecule has 2 rings (SSSR count). The predicted molar refractivity (Wildman–Crippen MR) is 75.4 cm³/mol. The van der Waals surface area contributed by atoms with E-state index in [9.17, 15) is 22.4 Å². The number of carbonyl (C=O) groups excluding carboxylic acids is 1. The van der Waals surface area contributed by atoms with E-state index in [0.717, 1.165) is 12.1 Å². The van der Waals surface area contributed by atoms with E-state index < -0.39 is 29.2 Å². The fourth-order valence-corrected chi connectivity index (χ4v) is 2.20. The third kappa shape index (κ3) is 4.34. The largest absolute Gasteiger partial charge is 0.448 e. The highest BCUT2D eigenvalue weighted by Crippen LogP contribution is 2.47. The molecule has 1 saturated carbocycles. The molecule has 1 aliphatic carbocycles. The Labute approximate surface area is 131 Å². The van der Waals surface area contributed by atoms with Gasteiger partial charge in [-0.3, -0.25) is 0 Å². The fourth-order valence-electron chi connectivity index (χ4n) is 2.20. The molecule has 0 saturated heterocycles. The van der Waals surface area contributed by atoms with Gasteiger partial charge in [0.2, 0.25) is 0 Å². The minimum atomic E-state index is -4.78. The van der Waals surface area contributed by atoms with Gasteiger partial charge in [-0.25, -0.2) is 9.18 Å². The molecule has 1 N–H and O–H groups in total. The van der Waals surface area contributed by atoms with Crippen molar-refractivity contribution in [2.45, 2.75) is 24.6 Å². The van der Waals surface area contributed by atoms with Gasteiger partial charge in [-0.2, -0.15) is 13.2 Å². The lowest BCUT2D eigenvalue weighted by atomic mass is 10.0. The lowest BCUT2D eigenvalue weighted by Crippen LogP contribution is -2.36. The minimum Gasteiger partial charge on any atom is -0.448 e. The van der Waals surface area contributed by atoms with Crippen LogP contribution in [-0.4, -0.2) is 38.2 Å². The van der Waals surface area contributed by atoms with Crippen LogP contribution in [0.4, 0.5) is 22.4 Å². The summed E-state index contributed by atoms with van der Waals surface area (Å²) in [4.78, 5) is 13.6. The van der Waals surface area contributed by atoms with Gasteiger partial charge in [-0.05, 0) is 44.6 Å². The number of likely N-dealkylation sites (N-methyl/N-ethyl adjacent to an activating group) is 1. The number of hydrogen-bond acceptors (Lipinski definition) is 3. The molecule has 0 aromatic heterocycles. The molecule has 1 aliphatic rings. The summed E-state index contributed by atoms with van der Waals surface area (Å²) in [6.45, 7) is 0.710. The number of benzene rings is 1. The molecule has 0 bridgehead atoms. The fraction of sp³-hybridized carbons (Fsp3) is 0.533. The second kappa shape index (κ2) is 6.35. The molecule has 0 aliphatic heterocycles. The van der Waals surface area contributed by atoms with E-state index in [2.05, 4.69) is 5.32 Å². The summed E-state index contributed by atoms with van der Waals surface area (Å²) < 4.78 is 56.7. The zero-order chi connectivity index (χ0) is 17.3. The zero-order valence-corrected chi connectivity index (χ0v) is 12.8. The highest BCUT2D eigenvalue weighted by atomic mass is 19.4. The Bertz CT molecular complexity index is 583. The van der Waals surface area contributed by atoms with E-state index >= 15 is 0 Å². The molecule has 0 atom stereocenters. The number of alkyl halides is 3. The van der Waals surface area contributed by atoms with E-state index in [4.69, 9.17) is 4.74 Å². The third-order valence-electron chi connectivity index (χ3n) is 3.69. The molecule has 0 spiro atoms. The van der Waals surface area contributed by atoms with Crippen LogP contribution >= 0.6 is 0 Å². The molecule has 1 aromatic rings. The Morgan fingerprint density at radius 3 is 2.52 bits per heavy atom. The van der Waals surface area contributed by atoms with Gasteiger partial charge in [0, 0.05) is 6.54 Å². The van der Waals surface area contributed by atoms with E-state index in [1.807, 2.05) is 19.0 Å². The van der Waals surface area contributed by atoms with Gasteiger partial charge >= 0.3 is 12.3 Å². The van der Waals surface area contributed by atoms with Gasteiger partial charge in [0.25, 0.3) is 0 Å². The SMILES string of the molecule is CN(C)CCOC(=O)NC1(c2ccc(F)c(C(F)(F)F)c2)CC1. The van der Waals surface area contributed by atoms with Gasteiger partial charge in [0.15, 0.2) is 0 Å². The van der Waals surface area contributed by atoms with Crippen LogP contribution in [0.5, 0.6) is 0 Å². The first kappa shape index (κ1) is 17.5. The quantitative estimate of drug-likeness (QED) is 0.841. The van der Waals surface area contributed by atoms with Crippen molar-refractivity contribution in [3.05, 3.63) is 35.1 Å². The van der Waals surface area contributed by atoms with Crippen molar-refractivity contribution < 1.29 is 27.1 Å². The molecule has 0 heterocycles. The van der Waals surface area contributed by atoms with Crippen LogP contribution in [0, 0.1) is 5.82 Å². The first-order valence-electron chi connectivity index (χ1n) is 7.11. The number of nitrogens with zero attached hydrogens (tertiary/aromatic N) is 1. The van der Waals surface area contributed by atoms with Crippen LogP contribution < -0.4 is 5.32 Å². The third-order valence-corrected chi connectivity index (χ3v) is 3.69. The maximum absolute atomic E-state index is 13.3. The summed E-state index contributed by atoms with van der Waals surface area (Å²) in [6, 6.07) is 2.79. The van der Waals surface area contributed by atoms with Crippen molar-refractivity contribution in [3.63, 3.8) is 0 Å². The van der Waals surface area contributed by atoms with Gasteiger partial charge < -0.3 is 15.0 Å². The lowest BCUT2D eigenvalue weighted by Gasteiger charge is -2.20. The molecule has 1 aromatic carbocycles. The Kier molecular flexibility index (Phi) is 4.84. The van der Waals surface area contributed by atoms with Crippen LogP contribution in [0.25, 0.3) is 0 Å². The van der Waals surface area contributed by atoms with Crippen molar-refractivity contribution in [3.8, 4) is 0 Å². The number of halogens is 4. The second-order valence-corrected chi connectivity index (χ2v) is 5.84. The van der Waals surface area contributed by atoms with Crippen LogP contribution in [-0.2, 0) is 16.5 Å². The van der Waals surface area contributed by atoms with E-state index in [0.29, 0.717) is 19.4 Å². The van der Waals surface area contributed by atoms with Crippen LogP contribution in [0.1, 0.15) is 24.0 Å². The summed E-state index contributed by atoms with van der Waals surface area (Å²) >= 11 is 0. The lowest BCUT2D eigenvalue weighted by molar-refractivity contribution is -0.140. The number of ether oxygens (including phenoxy) is 1. The van der Waals surface area contributed by atoms with Crippen molar-refractivity contribution in [1.82, 2.24) is 10.2 Å². The van der Waals surface area contributed by atoms with E-state index in [-0.39, 0.29) is 12.2 Å². The van der Waals surface area contributed by atoms with Gasteiger partial charge in [0.05, 0.1) is 11.1 Å². The van der Waals surface area contributed by atoms with Gasteiger partial charge in [0.1, 0.15) is 12.4 Å². The highest BCUT2D eigenvalue weighted by molar-refractivity contribution is 5.69. The van der Waals surface area contributed by atoms with Crippen molar-refractivity contribution in [2.75, 3.05) is 27.2 Å². The first-order chi connectivity index (χ1) is 10.6. The maximum atomic E-state index is 13.3.